The molecule has 0 unspecified atom stereocenters. The molecule has 0 aliphatic heterocycles. The summed E-state index contributed by atoms with van der Waals surface area (Å²) in [6.07, 6.45) is 0. The molecule has 2 rings (SSSR count). The third-order valence-electron chi connectivity index (χ3n) is 2.93. The van der Waals surface area contributed by atoms with Crippen LogP contribution >= 0.6 is 0 Å². The molecule has 0 heterocycles. The first-order chi connectivity index (χ1) is 10.1. The first-order valence-corrected chi connectivity index (χ1v) is 6.35. The number of nitrogens with zero attached hydrogens (tertiary/aromatic N) is 2. The Hall–Kier alpha value is -3.13. The monoisotopic (exact) mass is 277 g/mol. The maximum Gasteiger partial charge on any atom is 0.201 e. The number of anilines is 1. The smallest absolute Gasteiger partial charge is 0.201 e. The second kappa shape index (κ2) is 6.35. The summed E-state index contributed by atoms with van der Waals surface area (Å²) < 4.78 is 0. The van der Waals surface area contributed by atoms with E-state index in [2.05, 4.69) is 41.7 Å². The van der Waals surface area contributed by atoms with Crippen molar-refractivity contribution in [2.24, 2.45) is 10.8 Å². The predicted molar refractivity (Wildman–Crippen MR) is 85.2 cm³/mol. The highest BCUT2D eigenvalue weighted by atomic mass is 15.3. The highest BCUT2D eigenvalue weighted by Gasteiger charge is 2.01. The molecule has 0 atom stereocenters. The molecule has 0 aliphatic rings. The van der Waals surface area contributed by atoms with Crippen molar-refractivity contribution in [3.8, 4) is 17.2 Å². The maximum absolute atomic E-state index is 8.75. The van der Waals surface area contributed by atoms with Crippen LogP contribution in [0.3, 0.4) is 0 Å². The summed E-state index contributed by atoms with van der Waals surface area (Å²) in [7, 11) is 0. The summed E-state index contributed by atoms with van der Waals surface area (Å²) >= 11 is 0. The van der Waals surface area contributed by atoms with Gasteiger partial charge in [0, 0.05) is 0 Å². The van der Waals surface area contributed by atoms with Crippen LogP contribution in [0.2, 0.25) is 0 Å². The third-order valence-corrected chi connectivity index (χ3v) is 2.93. The van der Waals surface area contributed by atoms with Crippen molar-refractivity contribution in [3.63, 3.8) is 0 Å². The van der Waals surface area contributed by atoms with E-state index in [0.29, 0.717) is 0 Å². The van der Waals surface area contributed by atoms with Gasteiger partial charge in [-0.1, -0.05) is 42.0 Å². The van der Waals surface area contributed by atoms with Gasteiger partial charge in [0.25, 0.3) is 0 Å². The van der Waals surface area contributed by atoms with Crippen LogP contribution in [-0.2, 0) is 0 Å². The van der Waals surface area contributed by atoms with Gasteiger partial charge in [-0.25, -0.2) is 0 Å². The summed E-state index contributed by atoms with van der Waals surface area (Å²) in [5.41, 5.74) is 12.0. The lowest BCUT2D eigenvalue weighted by Crippen LogP contribution is -2.21. The Bertz CT molecular complexity index is 706. The quantitative estimate of drug-likeness (QED) is 0.455. The van der Waals surface area contributed by atoms with Crippen molar-refractivity contribution in [2.75, 3.05) is 5.43 Å². The fourth-order valence-electron chi connectivity index (χ4n) is 1.75. The van der Waals surface area contributed by atoms with E-state index in [9.17, 15) is 0 Å². The summed E-state index contributed by atoms with van der Waals surface area (Å²) in [6.45, 7) is 2.05. The molecule has 2 aromatic carbocycles. The van der Waals surface area contributed by atoms with E-state index < -0.39 is 0 Å². The van der Waals surface area contributed by atoms with Crippen molar-refractivity contribution >= 4 is 17.2 Å². The zero-order chi connectivity index (χ0) is 15.2. The zero-order valence-corrected chi connectivity index (χ0v) is 11.6. The van der Waals surface area contributed by atoms with Crippen molar-refractivity contribution in [2.45, 2.75) is 6.92 Å². The average Bonchev–Trinajstić information content (AvgIpc) is 2.49. The summed E-state index contributed by atoms with van der Waals surface area (Å²) in [6, 6.07) is 17.7. The van der Waals surface area contributed by atoms with Crippen LogP contribution < -0.4 is 11.2 Å². The van der Waals surface area contributed by atoms with Gasteiger partial charge in [0.05, 0.1) is 5.69 Å². The summed E-state index contributed by atoms with van der Waals surface area (Å²) in [5, 5.41) is 19.7. The molecule has 21 heavy (non-hydrogen) atoms. The molecular formula is C16H15N5. The van der Waals surface area contributed by atoms with Gasteiger partial charge in [0.2, 0.25) is 5.71 Å². The van der Waals surface area contributed by atoms with Gasteiger partial charge >= 0.3 is 0 Å². The molecule has 0 aromatic heterocycles. The molecule has 0 amide bonds. The van der Waals surface area contributed by atoms with Gasteiger partial charge in [0.1, 0.15) is 6.07 Å². The van der Waals surface area contributed by atoms with E-state index in [1.54, 1.807) is 6.07 Å². The molecule has 104 valence electrons. The molecule has 0 bridgehead atoms. The Morgan fingerprint density at radius 3 is 2.10 bits per heavy atom. The largest absolute Gasteiger partial charge is 0.382 e. The van der Waals surface area contributed by atoms with Crippen molar-refractivity contribution in [1.82, 2.24) is 0 Å². The molecule has 0 spiro atoms. The molecule has 0 saturated heterocycles. The Morgan fingerprint density at radius 2 is 1.62 bits per heavy atom. The SMILES string of the molecule is Cc1ccc(-c2ccc(N/N=C(\C#N)C(=N)N)cc2)cc1. The van der Waals surface area contributed by atoms with Crippen LogP contribution in [0.4, 0.5) is 5.69 Å². The minimum absolute atomic E-state index is 0.141. The number of hydrazone groups is 1. The molecular weight excluding hydrogens is 262 g/mol. The second-order valence-electron chi connectivity index (χ2n) is 4.54. The van der Waals surface area contributed by atoms with Gasteiger partial charge in [-0.05, 0) is 30.2 Å². The lowest BCUT2D eigenvalue weighted by atomic mass is 10.0. The first kappa shape index (κ1) is 14.3. The van der Waals surface area contributed by atoms with E-state index in [1.807, 2.05) is 24.3 Å². The molecule has 0 aliphatic carbocycles. The number of aryl methyl sites for hydroxylation is 1. The fraction of sp³-hybridized carbons (Fsp3) is 0.0625. The van der Waals surface area contributed by atoms with Crippen LogP contribution in [0.15, 0.2) is 53.6 Å². The molecule has 0 saturated carbocycles. The number of nitriles is 1. The van der Waals surface area contributed by atoms with Crippen molar-refractivity contribution in [1.29, 1.82) is 10.7 Å². The Labute approximate surface area is 123 Å². The fourth-order valence-corrected chi connectivity index (χ4v) is 1.75. The number of amidine groups is 1. The number of nitrogens with one attached hydrogen (secondary N) is 2. The maximum atomic E-state index is 8.75. The number of rotatable bonds is 4. The minimum Gasteiger partial charge on any atom is -0.382 e. The van der Waals surface area contributed by atoms with Gasteiger partial charge in [-0.2, -0.15) is 10.4 Å². The first-order valence-electron chi connectivity index (χ1n) is 6.35. The number of nitrogens with two attached hydrogens (primary N) is 1. The van der Waals surface area contributed by atoms with Crippen LogP contribution in [-0.4, -0.2) is 11.5 Å². The van der Waals surface area contributed by atoms with E-state index in [1.165, 1.54) is 5.56 Å². The van der Waals surface area contributed by atoms with Crippen LogP contribution in [0.25, 0.3) is 11.1 Å². The van der Waals surface area contributed by atoms with E-state index >= 15 is 0 Å². The lowest BCUT2D eigenvalue weighted by molar-refractivity contribution is 1.33. The predicted octanol–water partition coefficient (Wildman–Crippen LogP) is 2.89. The molecule has 5 heteroatoms. The molecule has 2 aromatic rings. The number of hydrogen-bond donors (Lipinski definition) is 3. The van der Waals surface area contributed by atoms with E-state index in [0.717, 1.165) is 16.8 Å². The normalized spacial score (nSPS) is 10.8. The molecule has 4 N–H and O–H groups in total. The summed E-state index contributed by atoms with van der Waals surface area (Å²) in [5.74, 6) is -0.360. The van der Waals surface area contributed by atoms with Crippen LogP contribution in [0.5, 0.6) is 0 Å². The molecule has 0 fully saturated rings. The van der Waals surface area contributed by atoms with Crippen LogP contribution in [0, 0.1) is 23.7 Å². The van der Waals surface area contributed by atoms with Crippen LogP contribution in [0.1, 0.15) is 5.56 Å². The highest BCUT2D eigenvalue weighted by molar-refractivity contribution is 6.45. The van der Waals surface area contributed by atoms with Gasteiger partial charge < -0.3 is 5.73 Å². The third kappa shape index (κ3) is 3.67. The lowest BCUT2D eigenvalue weighted by Gasteiger charge is -2.05. The second-order valence-corrected chi connectivity index (χ2v) is 4.54. The highest BCUT2D eigenvalue weighted by Crippen LogP contribution is 2.21. The van der Waals surface area contributed by atoms with E-state index in [4.69, 9.17) is 16.4 Å². The minimum atomic E-state index is -0.360. The topological polar surface area (TPSA) is 98.0 Å². The Balaban J connectivity index is 2.14. The molecule has 5 nitrogen and oxygen atoms in total. The van der Waals surface area contributed by atoms with E-state index in [-0.39, 0.29) is 11.5 Å². The van der Waals surface area contributed by atoms with Gasteiger partial charge in [-0.3, -0.25) is 10.8 Å². The Kier molecular flexibility index (Phi) is 4.32. The molecule has 0 radical (unpaired) electrons. The van der Waals surface area contributed by atoms with Gasteiger partial charge in [0.15, 0.2) is 5.84 Å². The van der Waals surface area contributed by atoms with Crippen molar-refractivity contribution in [3.05, 3.63) is 54.1 Å². The number of hydrogen-bond acceptors (Lipinski definition) is 4. The van der Waals surface area contributed by atoms with Gasteiger partial charge in [-0.15, -0.1) is 0 Å². The average molecular weight is 277 g/mol. The number of benzene rings is 2. The summed E-state index contributed by atoms with van der Waals surface area (Å²) in [4.78, 5) is 0. The zero-order valence-electron chi connectivity index (χ0n) is 11.6. The Morgan fingerprint density at radius 1 is 1.10 bits per heavy atom. The van der Waals surface area contributed by atoms with Crippen molar-refractivity contribution < 1.29 is 0 Å². The standard InChI is InChI=1S/C16H15N5/c1-11-2-4-12(5-3-11)13-6-8-14(9-7-13)20-21-15(10-17)16(18)19/h2-9,20H,1H3,(H3,18,19)/b21-15+.